The van der Waals surface area contributed by atoms with E-state index in [0.717, 1.165) is 43.7 Å². The van der Waals surface area contributed by atoms with Gasteiger partial charge in [-0.1, -0.05) is 19.3 Å². The Balaban J connectivity index is 1.48. The number of nitrogens with one attached hydrogen (secondary N) is 2. The quantitative estimate of drug-likeness (QED) is 0.716. The third kappa shape index (κ3) is 5.78. The number of nitrogens with zero attached hydrogens (tertiary/aromatic N) is 1. The molecule has 1 heterocycles. The van der Waals surface area contributed by atoms with E-state index < -0.39 is 0 Å². The van der Waals surface area contributed by atoms with Crippen molar-refractivity contribution in [3.63, 3.8) is 0 Å². The molecule has 1 saturated carbocycles. The fourth-order valence-electron chi connectivity index (χ4n) is 4.23. The number of rotatable bonds is 6. The number of nitrogens with two attached hydrogens (primary N) is 1. The zero-order valence-corrected chi connectivity index (χ0v) is 16.1. The Morgan fingerprint density at radius 1 is 0.926 bits per heavy atom. The first-order valence-electron chi connectivity index (χ1n) is 10.3. The lowest BCUT2D eigenvalue weighted by atomic mass is 9.95. The molecule has 2 amide bonds. The topological polar surface area (TPSA) is 87.5 Å². The van der Waals surface area contributed by atoms with E-state index in [1.807, 2.05) is 24.3 Å². The molecule has 0 spiro atoms. The van der Waals surface area contributed by atoms with Crippen LogP contribution in [0, 0.1) is 11.8 Å². The maximum Gasteiger partial charge on any atom is 0.238 e. The highest BCUT2D eigenvalue weighted by Crippen LogP contribution is 2.32. The van der Waals surface area contributed by atoms with Crippen molar-refractivity contribution < 1.29 is 9.59 Å². The molecule has 1 aromatic carbocycles. The number of amides is 2. The van der Waals surface area contributed by atoms with Gasteiger partial charge in [-0.3, -0.25) is 14.5 Å². The molecule has 1 aliphatic heterocycles. The summed E-state index contributed by atoms with van der Waals surface area (Å²) in [6.07, 6.45) is 7.90. The molecule has 1 aromatic rings. The molecule has 2 fully saturated rings. The number of likely N-dealkylation sites (tertiary alicyclic amines) is 1. The summed E-state index contributed by atoms with van der Waals surface area (Å²) in [6.45, 7) is 3.02. The van der Waals surface area contributed by atoms with Crippen LogP contribution in [0.15, 0.2) is 24.3 Å². The lowest BCUT2D eigenvalue weighted by Gasteiger charge is -2.19. The van der Waals surface area contributed by atoms with Gasteiger partial charge in [-0.25, -0.2) is 0 Å². The van der Waals surface area contributed by atoms with Crippen LogP contribution in [-0.4, -0.2) is 42.9 Å². The summed E-state index contributed by atoms with van der Waals surface area (Å²) in [5.41, 5.74) is 7.29. The Labute approximate surface area is 161 Å². The summed E-state index contributed by atoms with van der Waals surface area (Å²) < 4.78 is 0. The van der Waals surface area contributed by atoms with Crippen molar-refractivity contribution in [3.8, 4) is 0 Å². The van der Waals surface area contributed by atoms with Crippen molar-refractivity contribution >= 4 is 23.2 Å². The first-order chi connectivity index (χ1) is 13.2. The van der Waals surface area contributed by atoms with Gasteiger partial charge >= 0.3 is 0 Å². The monoisotopic (exact) mass is 372 g/mol. The van der Waals surface area contributed by atoms with Crippen molar-refractivity contribution in [2.45, 2.75) is 44.9 Å². The highest BCUT2D eigenvalue weighted by molar-refractivity contribution is 5.94. The van der Waals surface area contributed by atoms with Gasteiger partial charge < -0.3 is 16.4 Å². The fourth-order valence-corrected chi connectivity index (χ4v) is 4.23. The number of benzene rings is 1. The van der Waals surface area contributed by atoms with Gasteiger partial charge in [-0.05, 0) is 75.5 Å². The third-order valence-electron chi connectivity index (χ3n) is 5.80. The smallest absolute Gasteiger partial charge is 0.238 e. The largest absolute Gasteiger partial charge is 0.330 e. The van der Waals surface area contributed by atoms with Crippen molar-refractivity contribution in [2.24, 2.45) is 17.6 Å². The van der Waals surface area contributed by atoms with Crippen molar-refractivity contribution in [3.05, 3.63) is 24.3 Å². The molecule has 2 atom stereocenters. The van der Waals surface area contributed by atoms with Crippen molar-refractivity contribution in [2.75, 3.05) is 36.8 Å². The van der Waals surface area contributed by atoms with E-state index in [-0.39, 0.29) is 17.7 Å². The van der Waals surface area contributed by atoms with Gasteiger partial charge in [0, 0.05) is 17.3 Å². The Morgan fingerprint density at radius 2 is 1.56 bits per heavy atom. The molecule has 6 heteroatoms. The zero-order chi connectivity index (χ0) is 19.1. The average Bonchev–Trinajstić information content (AvgIpc) is 3.01. The lowest BCUT2D eigenvalue weighted by Crippen LogP contribution is -2.33. The van der Waals surface area contributed by atoms with Crippen LogP contribution in [0.3, 0.4) is 0 Å². The van der Waals surface area contributed by atoms with Crippen LogP contribution in [0.2, 0.25) is 0 Å². The molecule has 1 aliphatic carbocycles. The lowest BCUT2D eigenvalue weighted by molar-refractivity contribution is -0.120. The molecular weight excluding hydrogens is 340 g/mol. The Morgan fingerprint density at radius 3 is 2.19 bits per heavy atom. The molecule has 148 valence electrons. The highest BCUT2D eigenvalue weighted by atomic mass is 16.2. The molecule has 0 bridgehead atoms. The predicted molar refractivity (Wildman–Crippen MR) is 108 cm³/mol. The summed E-state index contributed by atoms with van der Waals surface area (Å²) in [6, 6.07) is 7.35. The van der Waals surface area contributed by atoms with E-state index >= 15 is 0 Å². The zero-order valence-electron chi connectivity index (χ0n) is 16.1. The molecule has 0 unspecified atom stereocenters. The Kier molecular flexibility index (Phi) is 7.24. The first-order valence-corrected chi connectivity index (χ1v) is 10.3. The molecule has 3 rings (SSSR count). The van der Waals surface area contributed by atoms with Crippen LogP contribution < -0.4 is 16.4 Å². The van der Waals surface area contributed by atoms with Gasteiger partial charge in [0.15, 0.2) is 0 Å². The van der Waals surface area contributed by atoms with E-state index in [4.69, 9.17) is 5.73 Å². The van der Waals surface area contributed by atoms with E-state index in [9.17, 15) is 9.59 Å². The Hall–Kier alpha value is -1.92. The number of anilines is 2. The average molecular weight is 373 g/mol. The maximum atomic E-state index is 12.5. The second-order valence-corrected chi connectivity index (χ2v) is 7.84. The number of hydrogen-bond acceptors (Lipinski definition) is 4. The minimum Gasteiger partial charge on any atom is -0.330 e. The summed E-state index contributed by atoms with van der Waals surface area (Å²) in [7, 11) is 0. The number of hydrogen-bond donors (Lipinski definition) is 3. The summed E-state index contributed by atoms with van der Waals surface area (Å²) >= 11 is 0. The molecule has 6 nitrogen and oxygen atoms in total. The third-order valence-corrected chi connectivity index (χ3v) is 5.80. The van der Waals surface area contributed by atoms with Crippen LogP contribution in [0.4, 0.5) is 11.4 Å². The van der Waals surface area contributed by atoms with Gasteiger partial charge in [-0.15, -0.1) is 0 Å². The minimum absolute atomic E-state index is 0.0167. The summed E-state index contributed by atoms with van der Waals surface area (Å²) in [4.78, 5) is 26.9. The van der Waals surface area contributed by atoms with Crippen molar-refractivity contribution in [1.82, 2.24) is 4.90 Å². The minimum atomic E-state index is 0.0167. The van der Waals surface area contributed by atoms with Gasteiger partial charge in [0.05, 0.1) is 6.54 Å². The summed E-state index contributed by atoms with van der Waals surface area (Å²) in [5.74, 6) is 0.386. The fraction of sp³-hybridized carbons (Fsp3) is 0.619. The van der Waals surface area contributed by atoms with Crippen molar-refractivity contribution in [1.29, 1.82) is 0 Å². The molecule has 4 N–H and O–H groups in total. The van der Waals surface area contributed by atoms with E-state index in [0.29, 0.717) is 19.0 Å². The molecule has 0 radical (unpaired) electrons. The van der Waals surface area contributed by atoms with Gasteiger partial charge in [-0.2, -0.15) is 0 Å². The number of carbonyl (C=O) groups is 2. The van der Waals surface area contributed by atoms with Crippen LogP contribution in [0.5, 0.6) is 0 Å². The molecule has 27 heavy (non-hydrogen) atoms. The van der Waals surface area contributed by atoms with E-state index in [2.05, 4.69) is 15.5 Å². The van der Waals surface area contributed by atoms with Crippen LogP contribution in [0.25, 0.3) is 0 Å². The maximum absolute atomic E-state index is 12.5. The first kappa shape index (κ1) is 19.8. The normalized spacial score (nSPS) is 23.6. The second kappa shape index (κ2) is 9.85. The van der Waals surface area contributed by atoms with Gasteiger partial charge in [0.25, 0.3) is 0 Å². The number of carbonyl (C=O) groups excluding carboxylic acids is 2. The second-order valence-electron chi connectivity index (χ2n) is 7.84. The van der Waals surface area contributed by atoms with Crippen LogP contribution in [0.1, 0.15) is 44.9 Å². The van der Waals surface area contributed by atoms with Gasteiger partial charge in [0.1, 0.15) is 0 Å². The molecular formula is C21H32N4O2. The van der Waals surface area contributed by atoms with Gasteiger partial charge in [0.2, 0.25) is 11.8 Å². The standard InChI is InChI=1S/C21H32N4O2/c22-14-16-6-5-7-19(16)21(27)24-18-10-8-17(9-11-18)23-20(26)15-25-12-3-1-2-4-13-25/h8-11,16,19H,1-7,12-15,22H2,(H,23,26)(H,24,27)/t16-,19-/m1/s1. The molecule has 2 aliphatic rings. The SMILES string of the molecule is NC[C@H]1CCC[C@H]1C(=O)Nc1ccc(NC(=O)CN2CCCCCC2)cc1. The summed E-state index contributed by atoms with van der Waals surface area (Å²) in [5, 5.41) is 5.94. The molecule has 1 saturated heterocycles. The van der Waals surface area contributed by atoms with E-state index in [1.165, 1.54) is 25.7 Å². The highest BCUT2D eigenvalue weighted by Gasteiger charge is 2.31. The van der Waals surface area contributed by atoms with Crippen LogP contribution >= 0.6 is 0 Å². The van der Waals surface area contributed by atoms with E-state index in [1.54, 1.807) is 0 Å². The van der Waals surface area contributed by atoms with Crippen LogP contribution in [-0.2, 0) is 9.59 Å². The Bertz CT molecular complexity index is 624. The molecule has 0 aromatic heterocycles. The predicted octanol–water partition coefficient (Wildman–Crippen LogP) is 2.81.